The Kier molecular flexibility index (Phi) is 6.54. The molecule has 3 rings (SSSR count). The number of likely N-dealkylation sites (tertiary alicyclic amines) is 1. The molecule has 0 N–H and O–H groups in total. The Balaban J connectivity index is 1.96. The minimum absolute atomic E-state index is 0.153. The molecule has 1 fully saturated rings. The molecule has 29 heavy (non-hydrogen) atoms. The van der Waals surface area contributed by atoms with Crippen molar-refractivity contribution in [3.05, 3.63) is 58.6 Å². The lowest BCUT2D eigenvalue weighted by Gasteiger charge is -2.33. The molecule has 1 amide bonds. The first kappa shape index (κ1) is 21.7. The fourth-order valence-electron chi connectivity index (χ4n) is 3.37. The molecule has 0 atom stereocenters. The van der Waals surface area contributed by atoms with Crippen LogP contribution in [0.25, 0.3) is 0 Å². The smallest absolute Gasteiger partial charge is 0.264 e. The monoisotopic (exact) mass is 434 g/mol. The second-order valence-corrected chi connectivity index (χ2v) is 10.1. The van der Waals surface area contributed by atoms with E-state index in [9.17, 15) is 13.2 Å². The molecule has 0 bridgehead atoms. The number of nitrogens with zero attached hydrogens (tertiary/aromatic N) is 2. The number of aryl methyl sites for hydroxylation is 2. The van der Waals surface area contributed by atoms with Gasteiger partial charge in [0.15, 0.2) is 0 Å². The summed E-state index contributed by atoms with van der Waals surface area (Å²) in [6.07, 6.45) is 1.87. The van der Waals surface area contributed by atoms with Crippen molar-refractivity contribution in [2.24, 2.45) is 5.92 Å². The van der Waals surface area contributed by atoms with Crippen LogP contribution in [0.15, 0.2) is 47.4 Å². The summed E-state index contributed by atoms with van der Waals surface area (Å²) >= 11 is 6.26. The Morgan fingerprint density at radius 2 is 1.72 bits per heavy atom. The number of halogens is 1. The van der Waals surface area contributed by atoms with Gasteiger partial charge in [0.2, 0.25) is 5.91 Å². The highest BCUT2D eigenvalue weighted by atomic mass is 35.5. The Morgan fingerprint density at radius 1 is 1.10 bits per heavy atom. The Hall–Kier alpha value is -2.05. The molecule has 0 spiro atoms. The Labute approximate surface area is 178 Å². The fourth-order valence-corrected chi connectivity index (χ4v) is 4.95. The van der Waals surface area contributed by atoms with E-state index in [-0.39, 0.29) is 17.3 Å². The van der Waals surface area contributed by atoms with Gasteiger partial charge in [-0.1, -0.05) is 42.3 Å². The van der Waals surface area contributed by atoms with E-state index in [1.807, 2.05) is 13.8 Å². The second kappa shape index (κ2) is 8.76. The van der Waals surface area contributed by atoms with E-state index in [0.29, 0.717) is 29.7 Å². The van der Waals surface area contributed by atoms with Gasteiger partial charge in [0.1, 0.15) is 6.54 Å². The van der Waals surface area contributed by atoms with Crippen molar-refractivity contribution in [1.82, 2.24) is 4.90 Å². The number of carbonyl (C=O) groups is 1. The van der Waals surface area contributed by atoms with Crippen molar-refractivity contribution in [3.63, 3.8) is 0 Å². The van der Waals surface area contributed by atoms with Gasteiger partial charge >= 0.3 is 0 Å². The van der Waals surface area contributed by atoms with E-state index in [2.05, 4.69) is 6.92 Å². The van der Waals surface area contributed by atoms with E-state index in [1.54, 1.807) is 47.4 Å². The molecule has 1 aliphatic heterocycles. The van der Waals surface area contributed by atoms with E-state index in [1.165, 1.54) is 4.31 Å². The maximum atomic E-state index is 13.4. The van der Waals surface area contributed by atoms with Crippen LogP contribution in [-0.4, -0.2) is 38.9 Å². The summed E-state index contributed by atoms with van der Waals surface area (Å²) < 4.78 is 28.0. The SMILES string of the molecule is Cc1ccc(S(=O)(=O)N(CC(=O)N2CCC(C)CC2)c2ccc(C)c(Cl)c2)cc1. The molecule has 1 heterocycles. The molecule has 1 aliphatic rings. The lowest BCUT2D eigenvalue weighted by Crippen LogP contribution is -2.45. The molecule has 156 valence electrons. The highest BCUT2D eigenvalue weighted by Gasteiger charge is 2.30. The minimum Gasteiger partial charge on any atom is -0.341 e. The van der Waals surface area contributed by atoms with Crippen LogP contribution < -0.4 is 4.31 Å². The van der Waals surface area contributed by atoms with Gasteiger partial charge in [0, 0.05) is 18.1 Å². The largest absolute Gasteiger partial charge is 0.341 e. The molecule has 2 aromatic rings. The van der Waals surface area contributed by atoms with Crippen molar-refractivity contribution in [2.45, 2.75) is 38.5 Å². The third-order valence-electron chi connectivity index (χ3n) is 5.47. The van der Waals surface area contributed by atoms with E-state index in [4.69, 9.17) is 11.6 Å². The van der Waals surface area contributed by atoms with Gasteiger partial charge in [-0.15, -0.1) is 0 Å². The number of sulfonamides is 1. The lowest BCUT2D eigenvalue weighted by molar-refractivity contribution is -0.130. The molecular formula is C22H27ClN2O3S. The third kappa shape index (κ3) is 4.93. The van der Waals surface area contributed by atoms with Gasteiger partial charge in [-0.25, -0.2) is 8.42 Å². The molecule has 0 radical (unpaired) electrons. The highest BCUT2D eigenvalue weighted by molar-refractivity contribution is 7.92. The zero-order valence-corrected chi connectivity index (χ0v) is 18.6. The molecule has 0 saturated carbocycles. The van der Waals surface area contributed by atoms with Crippen LogP contribution in [0.1, 0.15) is 30.9 Å². The molecule has 7 heteroatoms. The van der Waals surface area contributed by atoms with Crippen molar-refractivity contribution in [1.29, 1.82) is 0 Å². The Bertz CT molecular complexity index is 982. The van der Waals surface area contributed by atoms with Gasteiger partial charge in [-0.2, -0.15) is 0 Å². The number of rotatable bonds is 5. The predicted molar refractivity (Wildman–Crippen MR) is 117 cm³/mol. The van der Waals surface area contributed by atoms with Crippen molar-refractivity contribution in [3.8, 4) is 0 Å². The summed E-state index contributed by atoms with van der Waals surface area (Å²) in [5.41, 5.74) is 2.20. The van der Waals surface area contributed by atoms with Gasteiger partial charge in [-0.3, -0.25) is 9.10 Å². The van der Waals surface area contributed by atoms with E-state index in [0.717, 1.165) is 24.0 Å². The summed E-state index contributed by atoms with van der Waals surface area (Å²) in [4.78, 5) is 14.9. The first-order valence-corrected chi connectivity index (χ1v) is 11.6. The van der Waals surface area contributed by atoms with Crippen molar-refractivity contribution in [2.75, 3.05) is 23.9 Å². The van der Waals surface area contributed by atoms with Crippen LogP contribution in [0.3, 0.4) is 0 Å². The van der Waals surface area contributed by atoms with Gasteiger partial charge in [0.25, 0.3) is 10.0 Å². The molecule has 1 saturated heterocycles. The van der Waals surface area contributed by atoms with E-state index < -0.39 is 10.0 Å². The summed E-state index contributed by atoms with van der Waals surface area (Å²) in [5.74, 6) is 0.395. The predicted octanol–water partition coefficient (Wildman–Crippen LogP) is 4.41. The zero-order valence-electron chi connectivity index (χ0n) is 17.1. The van der Waals surface area contributed by atoms with Gasteiger partial charge < -0.3 is 4.90 Å². The molecular weight excluding hydrogens is 408 g/mol. The first-order chi connectivity index (χ1) is 13.7. The zero-order chi connectivity index (χ0) is 21.2. The number of piperidine rings is 1. The third-order valence-corrected chi connectivity index (χ3v) is 7.66. The maximum Gasteiger partial charge on any atom is 0.264 e. The second-order valence-electron chi connectivity index (χ2n) is 7.82. The van der Waals surface area contributed by atoms with Crippen LogP contribution >= 0.6 is 11.6 Å². The van der Waals surface area contributed by atoms with Crippen LogP contribution in [-0.2, 0) is 14.8 Å². The number of benzene rings is 2. The van der Waals surface area contributed by atoms with Crippen molar-refractivity contribution >= 4 is 33.2 Å². The van der Waals surface area contributed by atoms with Crippen LogP contribution in [0.5, 0.6) is 0 Å². The first-order valence-electron chi connectivity index (χ1n) is 9.82. The fraction of sp³-hybridized carbons (Fsp3) is 0.409. The normalized spacial score (nSPS) is 15.4. The number of hydrogen-bond acceptors (Lipinski definition) is 3. The van der Waals surface area contributed by atoms with E-state index >= 15 is 0 Å². The van der Waals surface area contributed by atoms with Crippen molar-refractivity contribution < 1.29 is 13.2 Å². The molecule has 0 aliphatic carbocycles. The standard InChI is InChI=1S/C22H27ClN2O3S/c1-16-4-8-20(9-5-16)29(27,28)25(19-7-6-18(3)21(23)14-19)15-22(26)24-12-10-17(2)11-13-24/h4-9,14,17H,10-13,15H2,1-3H3. The average molecular weight is 435 g/mol. The maximum absolute atomic E-state index is 13.4. The summed E-state index contributed by atoms with van der Waals surface area (Å²) in [6.45, 7) is 6.99. The Morgan fingerprint density at radius 3 is 2.31 bits per heavy atom. The lowest BCUT2D eigenvalue weighted by atomic mass is 9.99. The molecule has 0 unspecified atom stereocenters. The van der Waals surface area contributed by atoms with Gasteiger partial charge in [-0.05, 0) is 62.4 Å². The number of anilines is 1. The topological polar surface area (TPSA) is 57.7 Å². The highest BCUT2D eigenvalue weighted by Crippen LogP contribution is 2.28. The molecule has 5 nitrogen and oxygen atoms in total. The molecule has 0 aromatic heterocycles. The number of carbonyl (C=O) groups excluding carboxylic acids is 1. The van der Waals surface area contributed by atoms with Crippen LogP contribution in [0, 0.1) is 19.8 Å². The average Bonchev–Trinajstić information content (AvgIpc) is 2.69. The molecule has 2 aromatic carbocycles. The summed E-state index contributed by atoms with van der Waals surface area (Å²) in [7, 11) is -3.92. The summed E-state index contributed by atoms with van der Waals surface area (Å²) in [5, 5.41) is 0.464. The van der Waals surface area contributed by atoms with Crippen LogP contribution in [0.4, 0.5) is 5.69 Å². The summed E-state index contributed by atoms with van der Waals surface area (Å²) in [6, 6.07) is 11.7. The van der Waals surface area contributed by atoms with Gasteiger partial charge in [0.05, 0.1) is 10.6 Å². The minimum atomic E-state index is -3.92. The quantitative estimate of drug-likeness (QED) is 0.700. The number of hydrogen-bond donors (Lipinski definition) is 0. The van der Waals surface area contributed by atoms with Crippen LogP contribution in [0.2, 0.25) is 5.02 Å². The number of amides is 1.